The van der Waals surface area contributed by atoms with Gasteiger partial charge in [0.25, 0.3) is 0 Å². The van der Waals surface area contributed by atoms with Crippen molar-refractivity contribution in [2.75, 3.05) is 5.73 Å². The van der Waals surface area contributed by atoms with Crippen LogP contribution in [-0.4, -0.2) is 30.9 Å². The molecule has 1 aromatic carbocycles. The minimum Gasteiger partial charge on any atom is -0.383 e. The average Bonchev–Trinajstić information content (AvgIpc) is 3.23. The molecule has 0 saturated heterocycles. The summed E-state index contributed by atoms with van der Waals surface area (Å²) in [6.07, 6.45) is -0.483. The topological polar surface area (TPSA) is 85.4 Å². The molecular formula is C19H17F3N6. The number of hydrogen-bond acceptors (Lipinski definition) is 4. The van der Waals surface area contributed by atoms with E-state index in [1.807, 2.05) is 30.5 Å². The summed E-state index contributed by atoms with van der Waals surface area (Å²) in [4.78, 5) is 11.4. The van der Waals surface area contributed by atoms with E-state index in [4.69, 9.17) is 5.73 Å². The van der Waals surface area contributed by atoms with Gasteiger partial charge in [-0.15, -0.1) is 0 Å². The fraction of sp³-hybridized carbons (Fsp3) is 0.316. The van der Waals surface area contributed by atoms with Crippen LogP contribution in [0.1, 0.15) is 24.1 Å². The van der Waals surface area contributed by atoms with Crippen LogP contribution in [0.2, 0.25) is 0 Å². The highest BCUT2D eigenvalue weighted by molar-refractivity contribution is 5.89. The van der Waals surface area contributed by atoms with Crippen molar-refractivity contribution in [2.24, 2.45) is 5.41 Å². The van der Waals surface area contributed by atoms with E-state index in [0.29, 0.717) is 23.1 Å². The van der Waals surface area contributed by atoms with Crippen LogP contribution in [0.5, 0.6) is 0 Å². The Morgan fingerprint density at radius 2 is 1.96 bits per heavy atom. The summed E-state index contributed by atoms with van der Waals surface area (Å²) >= 11 is 0. The maximum atomic E-state index is 13.4. The Balaban J connectivity index is 1.60. The second-order valence-corrected chi connectivity index (χ2v) is 7.38. The number of H-pyrrole nitrogens is 1. The lowest BCUT2D eigenvalue weighted by Crippen LogP contribution is -2.29. The Kier molecular flexibility index (Phi) is 3.47. The van der Waals surface area contributed by atoms with Crippen molar-refractivity contribution in [1.82, 2.24) is 24.7 Å². The first-order valence-electron chi connectivity index (χ1n) is 8.96. The minimum atomic E-state index is -4.26. The molecule has 3 heterocycles. The van der Waals surface area contributed by atoms with Gasteiger partial charge in [0.1, 0.15) is 12.1 Å². The molecule has 144 valence electrons. The molecule has 0 unspecified atom stereocenters. The van der Waals surface area contributed by atoms with Gasteiger partial charge in [-0.05, 0) is 24.5 Å². The van der Waals surface area contributed by atoms with E-state index in [2.05, 4.69) is 20.1 Å². The van der Waals surface area contributed by atoms with Gasteiger partial charge >= 0.3 is 6.18 Å². The van der Waals surface area contributed by atoms with Crippen molar-refractivity contribution < 1.29 is 13.2 Å². The second kappa shape index (κ2) is 5.70. The molecule has 9 heteroatoms. The maximum Gasteiger partial charge on any atom is 0.396 e. The van der Waals surface area contributed by atoms with Crippen LogP contribution in [0.15, 0.2) is 36.8 Å². The van der Waals surface area contributed by atoms with E-state index >= 15 is 0 Å². The van der Waals surface area contributed by atoms with Gasteiger partial charge in [0.2, 0.25) is 0 Å². The van der Waals surface area contributed by atoms with E-state index < -0.39 is 11.6 Å². The first-order valence-corrected chi connectivity index (χ1v) is 8.96. The first kappa shape index (κ1) is 17.0. The predicted molar refractivity (Wildman–Crippen MR) is 98.6 cm³/mol. The SMILES string of the molecule is Nc1ncnc2c1c(Cc1c[nH]c3ccccc13)nn2CC1(C(F)(F)F)CC1. The number of nitrogen functional groups attached to an aromatic ring is 1. The molecule has 4 aromatic rings. The van der Waals surface area contributed by atoms with Crippen LogP contribution in [0.4, 0.5) is 19.0 Å². The molecule has 3 N–H and O–H groups in total. The molecular weight excluding hydrogens is 369 g/mol. The quantitative estimate of drug-likeness (QED) is 0.558. The Labute approximate surface area is 157 Å². The zero-order chi connectivity index (χ0) is 19.5. The normalized spacial score (nSPS) is 16.1. The lowest BCUT2D eigenvalue weighted by molar-refractivity contribution is -0.191. The largest absolute Gasteiger partial charge is 0.396 e. The average molecular weight is 386 g/mol. The van der Waals surface area contributed by atoms with Crippen LogP contribution in [0.25, 0.3) is 21.9 Å². The summed E-state index contributed by atoms with van der Waals surface area (Å²) in [5.41, 5.74) is 7.22. The van der Waals surface area contributed by atoms with Crippen LogP contribution >= 0.6 is 0 Å². The van der Waals surface area contributed by atoms with Gasteiger partial charge in [0.15, 0.2) is 5.65 Å². The smallest absolute Gasteiger partial charge is 0.383 e. The number of halogens is 3. The van der Waals surface area contributed by atoms with Gasteiger partial charge < -0.3 is 10.7 Å². The number of alkyl halides is 3. The van der Waals surface area contributed by atoms with E-state index in [9.17, 15) is 13.2 Å². The molecule has 0 spiro atoms. The molecule has 6 nitrogen and oxygen atoms in total. The number of anilines is 1. The highest BCUT2D eigenvalue weighted by atomic mass is 19.4. The van der Waals surface area contributed by atoms with Gasteiger partial charge in [-0.3, -0.25) is 0 Å². The molecule has 0 amide bonds. The molecule has 1 aliphatic carbocycles. The van der Waals surface area contributed by atoms with Crippen LogP contribution in [0.3, 0.4) is 0 Å². The number of nitrogens with two attached hydrogens (primary N) is 1. The summed E-state index contributed by atoms with van der Waals surface area (Å²) in [5.74, 6) is 0.225. The number of aromatic amines is 1. The fourth-order valence-electron chi connectivity index (χ4n) is 3.77. The standard InChI is InChI=1S/C19H17F3N6/c20-19(21,22)18(5-6-18)9-28-17-15(16(23)25-10-26-17)14(27-28)7-11-8-24-13-4-2-1-3-12(11)13/h1-4,8,10,24H,5-7,9H2,(H2,23,25,26). The molecule has 1 aliphatic rings. The molecule has 28 heavy (non-hydrogen) atoms. The Morgan fingerprint density at radius 3 is 2.71 bits per heavy atom. The van der Waals surface area contributed by atoms with Crippen molar-refractivity contribution in [3.8, 4) is 0 Å². The number of para-hydroxylation sites is 1. The van der Waals surface area contributed by atoms with E-state index in [1.165, 1.54) is 11.0 Å². The third kappa shape index (κ3) is 2.53. The number of hydrogen-bond donors (Lipinski definition) is 2. The van der Waals surface area contributed by atoms with Crippen molar-refractivity contribution in [2.45, 2.75) is 32.0 Å². The summed E-state index contributed by atoms with van der Waals surface area (Å²) in [5, 5.41) is 6.05. The van der Waals surface area contributed by atoms with Crippen molar-refractivity contribution in [3.05, 3.63) is 48.0 Å². The highest BCUT2D eigenvalue weighted by Crippen LogP contribution is 2.58. The molecule has 0 atom stereocenters. The summed E-state index contributed by atoms with van der Waals surface area (Å²) in [6.45, 7) is -0.253. The fourth-order valence-corrected chi connectivity index (χ4v) is 3.77. The zero-order valence-electron chi connectivity index (χ0n) is 14.8. The van der Waals surface area contributed by atoms with Crippen LogP contribution < -0.4 is 5.73 Å². The summed E-state index contributed by atoms with van der Waals surface area (Å²) in [7, 11) is 0. The molecule has 5 rings (SSSR count). The first-order chi connectivity index (χ1) is 13.4. The minimum absolute atomic E-state index is 0.107. The molecule has 0 bridgehead atoms. The van der Waals surface area contributed by atoms with Crippen molar-refractivity contribution in [3.63, 3.8) is 0 Å². The lowest BCUT2D eigenvalue weighted by atomic mass is 10.1. The third-order valence-corrected chi connectivity index (χ3v) is 5.57. The molecule has 0 aliphatic heterocycles. The zero-order valence-corrected chi connectivity index (χ0v) is 14.8. The van der Waals surface area contributed by atoms with E-state index in [1.54, 1.807) is 0 Å². The highest BCUT2D eigenvalue weighted by Gasteiger charge is 2.63. The molecule has 0 radical (unpaired) electrons. The third-order valence-electron chi connectivity index (χ3n) is 5.57. The van der Waals surface area contributed by atoms with Gasteiger partial charge in [-0.2, -0.15) is 18.3 Å². The number of benzene rings is 1. The van der Waals surface area contributed by atoms with Crippen molar-refractivity contribution in [1.29, 1.82) is 0 Å². The maximum absolute atomic E-state index is 13.4. The number of nitrogens with zero attached hydrogens (tertiary/aromatic N) is 4. The van der Waals surface area contributed by atoms with Crippen molar-refractivity contribution >= 4 is 27.8 Å². The molecule has 1 saturated carbocycles. The Bertz CT molecular complexity index is 1190. The monoisotopic (exact) mass is 386 g/mol. The van der Waals surface area contributed by atoms with Gasteiger partial charge in [0.05, 0.1) is 23.0 Å². The van der Waals surface area contributed by atoms with E-state index in [-0.39, 0.29) is 25.2 Å². The molecule has 3 aromatic heterocycles. The van der Waals surface area contributed by atoms with Gasteiger partial charge in [-0.25, -0.2) is 14.6 Å². The van der Waals surface area contributed by atoms with Crippen LogP contribution in [-0.2, 0) is 13.0 Å². The van der Waals surface area contributed by atoms with Gasteiger partial charge in [0, 0.05) is 23.5 Å². The number of fused-ring (bicyclic) bond motifs is 2. The Morgan fingerprint density at radius 1 is 1.18 bits per heavy atom. The molecule has 1 fully saturated rings. The lowest BCUT2D eigenvalue weighted by Gasteiger charge is -2.19. The van der Waals surface area contributed by atoms with Crippen LogP contribution in [0, 0.1) is 5.41 Å². The number of rotatable bonds is 4. The Hall–Kier alpha value is -3.10. The summed E-state index contributed by atoms with van der Waals surface area (Å²) < 4.78 is 41.7. The predicted octanol–water partition coefficient (Wildman–Crippen LogP) is 3.82. The van der Waals surface area contributed by atoms with Gasteiger partial charge in [-0.1, -0.05) is 18.2 Å². The number of nitrogens with one attached hydrogen (secondary N) is 1. The second-order valence-electron chi connectivity index (χ2n) is 7.38. The summed E-state index contributed by atoms with van der Waals surface area (Å²) in [6, 6.07) is 7.83. The number of aromatic nitrogens is 5. The van der Waals surface area contributed by atoms with E-state index in [0.717, 1.165) is 16.5 Å².